The molecule has 1 unspecified atom stereocenters. The zero-order valence-corrected chi connectivity index (χ0v) is 11.3. The van der Waals surface area contributed by atoms with Crippen LogP contribution in [0.2, 0.25) is 5.02 Å². The largest absolute Gasteiger partial charge is 0.478 e. The number of anilines is 1. The standard InChI is InChI=1S/C13H17ClN2O2/c1-9-8-16(6-5-15(9)2)12-7-10(14)3-4-11(12)13(17)18/h3-4,7,9H,5-6,8H2,1-2H3,(H,17,18). The van der Waals surface area contributed by atoms with Crippen molar-refractivity contribution in [1.82, 2.24) is 4.90 Å². The van der Waals surface area contributed by atoms with E-state index in [1.807, 2.05) is 0 Å². The molecule has 1 aliphatic heterocycles. The predicted octanol–water partition coefficient (Wildman–Crippen LogP) is 2.18. The van der Waals surface area contributed by atoms with Gasteiger partial charge >= 0.3 is 5.97 Å². The van der Waals surface area contributed by atoms with E-state index in [1.165, 1.54) is 0 Å². The van der Waals surface area contributed by atoms with Crippen LogP contribution in [0.25, 0.3) is 0 Å². The number of rotatable bonds is 2. The lowest BCUT2D eigenvalue weighted by molar-refractivity contribution is 0.0697. The first-order chi connectivity index (χ1) is 8.49. The normalized spacial score (nSPS) is 21.1. The van der Waals surface area contributed by atoms with E-state index in [0.29, 0.717) is 16.6 Å². The molecule has 5 heteroatoms. The number of carboxylic acid groups (broad SMARTS) is 1. The maximum absolute atomic E-state index is 11.2. The third-order valence-corrected chi connectivity index (χ3v) is 3.73. The summed E-state index contributed by atoms with van der Waals surface area (Å²) in [5.41, 5.74) is 1.03. The van der Waals surface area contributed by atoms with Crippen LogP contribution in [-0.4, -0.2) is 48.7 Å². The predicted molar refractivity (Wildman–Crippen MR) is 72.7 cm³/mol. The summed E-state index contributed by atoms with van der Waals surface area (Å²) in [6.07, 6.45) is 0. The van der Waals surface area contributed by atoms with Gasteiger partial charge < -0.3 is 14.9 Å². The topological polar surface area (TPSA) is 43.8 Å². The highest BCUT2D eigenvalue weighted by molar-refractivity contribution is 6.31. The molecular weight excluding hydrogens is 252 g/mol. The van der Waals surface area contributed by atoms with Crippen molar-refractivity contribution in [3.63, 3.8) is 0 Å². The van der Waals surface area contributed by atoms with Crippen LogP contribution >= 0.6 is 11.6 Å². The summed E-state index contributed by atoms with van der Waals surface area (Å²) >= 11 is 5.98. The van der Waals surface area contributed by atoms with Crippen molar-refractivity contribution >= 4 is 23.3 Å². The molecule has 0 aromatic heterocycles. The summed E-state index contributed by atoms with van der Waals surface area (Å²) in [6, 6.07) is 5.33. The number of carboxylic acids is 1. The first-order valence-corrected chi connectivity index (χ1v) is 6.35. The molecule has 0 amide bonds. The Labute approximate surface area is 112 Å². The van der Waals surface area contributed by atoms with Crippen molar-refractivity contribution in [2.24, 2.45) is 0 Å². The molecule has 1 aromatic carbocycles. The van der Waals surface area contributed by atoms with Crippen molar-refractivity contribution in [2.45, 2.75) is 13.0 Å². The van der Waals surface area contributed by atoms with Gasteiger partial charge in [-0.15, -0.1) is 0 Å². The monoisotopic (exact) mass is 268 g/mol. The third kappa shape index (κ3) is 2.60. The average Bonchev–Trinajstić information content (AvgIpc) is 2.32. The van der Waals surface area contributed by atoms with Crippen molar-refractivity contribution in [1.29, 1.82) is 0 Å². The van der Waals surface area contributed by atoms with E-state index in [4.69, 9.17) is 11.6 Å². The minimum absolute atomic E-state index is 0.316. The number of piperazine rings is 1. The zero-order valence-electron chi connectivity index (χ0n) is 10.6. The van der Waals surface area contributed by atoms with Crippen LogP contribution in [-0.2, 0) is 0 Å². The molecule has 1 heterocycles. The fraction of sp³-hybridized carbons (Fsp3) is 0.462. The Morgan fingerprint density at radius 1 is 1.44 bits per heavy atom. The van der Waals surface area contributed by atoms with Gasteiger partial charge in [0.2, 0.25) is 0 Å². The highest BCUT2D eigenvalue weighted by Gasteiger charge is 2.24. The smallest absolute Gasteiger partial charge is 0.337 e. The first kappa shape index (κ1) is 13.2. The van der Waals surface area contributed by atoms with E-state index < -0.39 is 5.97 Å². The zero-order chi connectivity index (χ0) is 13.3. The van der Waals surface area contributed by atoms with Crippen LogP contribution in [0.4, 0.5) is 5.69 Å². The van der Waals surface area contributed by atoms with E-state index in [1.54, 1.807) is 18.2 Å². The second kappa shape index (κ2) is 5.16. The molecule has 18 heavy (non-hydrogen) atoms. The molecule has 0 spiro atoms. The summed E-state index contributed by atoms with van der Waals surface area (Å²) in [7, 11) is 2.08. The maximum atomic E-state index is 11.2. The minimum atomic E-state index is -0.909. The molecule has 1 N–H and O–H groups in total. The Morgan fingerprint density at radius 3 is 2.78 bits per heavy atom. The molecule has 1 atom stereocenters. The molecule has 0 bridgehead atoms. The van der Waals surface area contributed by atoms with Crippen LogP contribution in [0.1, 0.15) is 17.3 Å². The quantitative estimate of drug-likeness (QED) is 0.893. The Morgan fingerprint density at radius 2 is 2.17 bits per heavy atom. The Bertz CT molecular complexity index is 464. The number of benzene rings is 1. The first-order valence-electron chi connectivity index (χ1n) is 5.97. The molecule has 0 aliphatic carbocycles. The second-order valence-electron chi connectivity index (χ2n) is 4.74. The van der Waals surface area contributed by atoms with Crippen LogP contribution < -0.4 is 4.90 Å². The molecule has 1 aromatic rings. The Kier molecular flexibility index (Phi) is 3.78. The maximum Gasteiger partial charge on any atom is 0.337 e. The van der Waals surface area contributed by atoms with Crippen molar-refractivity contribution < 1.29 is 9.90 Å². The van der Waals surface area contributed by atoms with Gasteiger partial charge in [-0.2, -0.15) is 0 Å². The van der Waals surface area contributed by atoms with Crippen LogP contribution in [0.5, 0.6) is 0 Å². The van der Waals surface area contributed by atoms with Crippen molar-refractivity contribution in [3.8, 4) is 0 Å². The molecule has 1 saturated heterocycles. The van der Waals surface area contributed by atoms with Gasteiger partial charge in [-0.1, -0.05) is 11.6 Å². The van der Waals surface area contributed by atoms with Gasteiger partial charge in [-0.05, 0) is 32.2 Å². The number of likely N-dealkylation sites (N-methyl/N-ethyl adjacent to an activating group) is 1. The van der Waals surface area contributed by atoms with E-state index in [-0.39, 0.29) is 0 Å². The van der Waals surface area contributed by atoms with Gasteiger partial charge in [0, 0.05) is 30.7 Å². The summed E-state index contributed by atoms with van der Waals surface area (Å²) < 4.78 is 0. The highest BCUT2D eigenvalue weighted by atomic mass is 35.5. The fourth-order valence-electron chi connectivity index (χ4n) is 2.21. The van der Waals surface area contributed by atoms with Gasteiger partial charge in [-0.25, -0.2) is 4.79 Å². The second-order valence-corrected chi connectivity index (χ2v) is 5.18. The highest BCUT2D eigenvalue weighted by Crippen LogP contribution is 2.27. The summed E-state index contributed by atoms with van der Waals surface area (Å²) in [6.45, 7) is 4.70. The molecule has 0 saturated carbocycles. The van der Waals surface area contributed by atoms with E-state index in [2.05, 4.69) is 23.8 Å². The summed E-state index contributed by atoms with van der Waals surface area (Å²) in [5.74, 6) is -0.909. The average molecular weight is 269 g/mol. The van der Waals surface area contributed by atoms with Crippen LogP contribution in [0.3, 0.4) is 0 Å². The number of hydrogen-bond donors (Lipinski definition) is 1. The number of nitrogens with zero attached hydrogens (tertiary/aromatic N) is 2. The lowest BCUT2D eigenvalue weighted by Crippen LogP contribution is -2.50. The van der Waals surface area contributed by atoms with Crippen LogP contribution in [0, 0.1) is 0 Å². The van der Waals surface area contributed by atoms with Gasteiger partial charge in [-0.3, -0.25) is 0 Å². The molecular formula is C13H17ClN2O2. The van der Waals surface area contributed by atoms with Crippen molar-refractivity contribution in [3.05, 3.63) is 28.8 Å². The minimum Gasteiger partial charge on any atom is -0.478 e. The van der Waals surface area contributed by atoms with Gasteiger partial charge in [0.25, 0.3) is 0 Å². The van der Waals surface area contributed by atoms with Gasteiger partial charge in [0.05, 0.1) is 11.3 Å². The van der Waals surface area contributed by atoms with Gasteiger partial charge in [0.15, 0.2) is 0 Å². The number of aromatic carboxylic acids is 1. The molecule has 4 nitrogen and oxygen atoms in total. The van der Waals surface area contributed by atoms with E-state index in [9.17, 15) is 9.90 Å². The Balaban J connectivity index is 2.32. The lowest BCUT2D eigenvalue weighted by atomic mass is 10.1. The summed E-state index contributed by atoms with van der Waals surface area (Å²) in [4.78, 5) is 15.6. The molecule has 98 valence electrons. The van der Waals surface area contributed by atoms with Crippen LogP contribution in [0.15, 0.2) is 18.2 Å². The van der Waals surface area contributed by atoms with Crippen molar-refractivity contribution in [2.75, 3.05) is 31.6 Å². The third-order valence-electron chi connectivity index (χ3n) is 3.49. The molecule has 1 fully saturated rings. The molecule has 1 aliphatic rings. The number of halogens is 1. The van der Waals surface area contributed by atoms with E-state index >= 15 is 0 Å². The Hall–Kier alpha value is -1.26. The lowest BCUT2D eigenvalue weighted by Gasteiger charge is -2.39. The van der Waals surface area contributed by atoms with E-state index in [0.717, 1.165) is 25.3 Å². The number of carbonyl (C=O) groups is 1. The molecule has 2 rings (SSSR count). The summed E-state index contributed by atoms with van der Waals surface area (Å²) in [5, 5.41) is 9.80. The fourth-order valence-corrected chi connectivity index (χ4v) is 2.38. The number of hydrogen-bond acceptors (Lipinski definition) is 3. The molecule has 0 radical (unpaired) electrons. The van der Waals surface area contributed by atoms with Gasteiger partial charge in [0.1, 0.15) is 0 Å². The SMILES string of the molecule is CC1CN(c2cc(Cl)ccc2C(=O)O)CCN1C.